The molecule has 0 aromatic heterocycles. The van der Waals surface area contributed by atoms with Gasteiger partial charge in [-0.2, -0.15) is 13.2 Å². The summed E-state index contributed by atoms with van der Waals surface area (Å²) in [6.45, 7) is 0. The van der Waals surface area contributed by atoms with E-state index in [4.69, 9.17) is 9.47 Å². The molecule has 1 aliphatic heterocycles. The molecule has 0 saturated carbocycles. The van der Waals surface area contributed by atoms with Crippen molar-refractivity contribution in [3.05, 3.63) is 22.3 Å². The monoisotopic (exact) mass is 850 g/mol. The van der Waals surface area contributed by atoms with Gasteiger partial charge in [-0.15, -0.1) is 0 Å². The molecular formula is C62HF3O3. The van der Waals surface area contributed by atoms with E-state index in [0.717, 1.165) is 65.3 Å². The van der Waals surface area contributed by atoms with E-state index in [1.54, 1.807) is 0 Å². The number of rotatable bonds is 0. The molecule has 68 heavy (non-hydrogen) atoms. The van der Waals surface area contributed by atoms with E-state index in [2.05, 4.69) is 0 Å². The Morgan fingerprint density at radius 3 is 0.412 bits per heavy atom. The number of hydrogen-bond donors (Lipinski definition) is 1. The first-order valence-corrected chi connectivity index (χ1v) is 24.4. The molecule has 1 N–H and O–H groups in total. The molecule has 33 rings (SSSR count). The first kappa shape index (κ1) is 25.3. The minimum atomic E-state index is -5.25. The Bertz CT molecular complexity index is 6580. The maximum absolute atomic E-state index is 16.5. The van der Waals surface area contributed by atoms with E-state index in [-0.39, 0.29) is 0 Å². The summed E-state index contributed by atoms with van der Waals surface area (Å²) in [6.07, 6.45) is -5.25. The van der Waals surface area contributed by atoms with Crippen molar-refractivity contribution in [2.24, 2.45) is 0 Å². The van der Waals surface area contributed by atoms with Crippen LogP contribution in [0.15, 0.2) is 0 Å². The standard InChI is InChI=1S/C62HF3O3/c63-61(64,65)62(66)67-59-55-47-39-29-19-11-3-1-2-5-9-7(3)15-23-17(9)27-21-13(5)14-6(2)10-8-4(1)12(11)20-26-16(8)24-18(10)28-22(14)32-31(21)41-35(27)45-37(23)43(33(39)25(15)19)51(55)53(45)57-49(41)50-42(32)36(28)46-38(24)44-34(26)40(30(20)29)48(47)56(59)52(44)54(46)58(50)60(57,59)68-62/h66H. The van der Waals surface area contributed by atoms with Crippen LogP contribution in [0.5, 0.6) is 0 Å². The van der Waals surface area contributed by atoms with Crippen LogP contribution in [0.3, 0.4) is 0 Å². The van der Waals surface area contributed by atoms with Crippen molar-refractivity contribution >= 4 is 291 Å². The van der Waals surface area contributed by atoms with Gasteiger partial charge in [0.25, 0.3) is 0 Å². The van der Waals surface area contributed by atoms with Crippen molar-refractivity contribution in [1.29, 1.82) is 0 Å². The van der Waals surface area contributed by atoms with Crippen molar-refractivity contribution in [2.45, 2.75) is 23.4 Å². The maximum atomic E-state index is 16.5. The fourth-order valence-corrected chi connectivity index (χ4v) is 24.0. The van der Waals surface area contributed by atoms with Gasteiger partial charge >= 0.3 is 12.1 Å². The molecule has 28 aromatic carbocycles. The Morgan fingerprint density at radius 1 is 0.206 bits per heavy atom. The predicted molar refractivity (Wildman–Crippen MR) is 267 cm³/mol. The first-order valence-electron chi connectivity index (χ1n) is 24.4. The second-order valence-corrected chi connectivity index (χ2v) is 24.4. The van der Waals surface area contributed by atoms with Gasteiger partial charge < -0.3 is 5.11 Å². The summed E-state index contributed by atoms with van der Waals surface area (Å²) >= 11 is 0. The molecule has 28 aromatic rings. The number of aliphatic hydroxyl groups is 1. The molecule has 1 fully saturated rings. The summed E-state index contributed by atoms with van der Waals surface area (Å²) in [5.41, 5.74) is -0.244. The summed E-state index contributed by atoms with van der Waals surface area (Å²) in [4.78, 5) is 0. The lowest BCUT2D eigenvalue weighted by Crippen LogP contribution is -2.49. The number of halogens is 3. The maximum Gasteiger partial charge on any atom is 0.473 e. The number of ether oxygens (including phenoxy) is 2. The molecule has 1 saturated heterocycles. The minimum Gasteiger partial charge on any atom is -0.336 e. The largest absolute Gasteiger partial charge is 0.473 e. The summed E-state index contributed by atoms with van der Waals surface area (Å²) in [6, 6.07) is 0. The van der Waals surface area contributed by atoms with Crippen LogP contribution in [0.1, 0.15) is 22.3 Å². The highest BCUT2D eigenvalue weighted by atomic mass is 19.4. The van der Waals surface area contributed by atoms with Crippen LogP contribution in [-0.4, -0.2) is 17.3 Å². The summed E-state index contributed by atoms with van der Waals surface area (Å²) in [5.74, 6) is -3.87. The quantitative estimate of drug-likeness (QED) is 0.155. The zero-order valence-corrected chi connectivity index (χ0v) is 33.4. The fourth-order valence-electron chi connectivity index (χ4n) is 24.0. The summed E-state index contributed by atoms with van der Waals surface area (Å²) in [5, 5.41) is 84.5. The lowest BCUT2D eigenvalue weighted by molar-refractivity contribution is -0.449. The third kappa shape index (κ3) is 1.27. The number of alkyl halides is 3. The van der Waals surface area contributed by atoms with Gasteiger partial charge in [-0.25, -0.2) is 0 Å². The van der Waals surface area contributed by atoms with Crippen molar-refractivity contribution < 1.29 is 27.8 Å². The summed E-state index contributed by atoms with van der Waals surface area (Å²) in [7, 11) is 0. The second-order valence-electron chi connectivity index (χ2n) is 24.4. The van der Waals surface area contributed by atoms with Crippen LogP contribution in [0.2, 0.25) is 0 Å². The van der Waals surface area contributed by atoms with Crippen LogP contribution >= 0.6 is 0 Å². The Labute approximate surface area is 362 Å². The minimum absolute atomic E-state index is 0.840. The molecule has 4 aliphatic carbocycles. The highest BCUT2D eigenvalue weighted by Gasteiger charge is 2.83. The molecule has 0 atom stereocenters. The third-order valence-electron chi connectivity index (χ3n) is 24.1. The number of benzene rings is 18. The molecule has 2 spiro atoms. The summed E-state index contributed by atoms with van der Waals surface area (Å²) < 4.78 is 63.6. The van der Waals surface area contributed by atoms with E-state index < -0.39 is 23.4 Å². The van der Waals surface area contributed by atoms with Crippen molar-refractivity contribution in [1.82, 2.24) is 0 Å². The Kier molecular flexibility index (Phi) is 2.02. The highest BCUT2D eigenvalue weighted by molar-refractivity contribution is 6.82. The van der Waals surface area contributed by atoms with E-state index in [1.165, 1.54) is 248 Å². The van der Waals surface area contributed by atoms with Crippen molar-refractivity contribution in [3.8, 4) is 0 Å². The third-order valence-corrected chi connectivity index (χ3v) is 24.1. The van der Waals surface area contributed by atoms with Gasteiger partial charge in [-0.3, -0.25) is 9.47 Å². The normalized spacial score (nSPS) is 25.4. The molecule has 0 radical (unpaired) electrons. The molecule has 0 unspecified atom stereocenters. The van der Waals surface area contributed by atoms with Crippen molar-refractivity contribution in [2.75, 3.05) is 0 Å². The zero-order chi connectivity index (χ0) is 40.9. The van der Waals surface area contributed by atoms with E-state index in [9.17, 15) is 5.11 Å². The smallest absolute Gasteiger partial charge is 0.336 e. The number of hydrogen-bond acceptors (Lipinski definition) is 3. The van der Waals surface area contributed by atoms with Crippen LogP contribution in [0.4, 0.5) is 13.2 Å². The second kappa shape index (κ2) is 5.41. The van der Waals surface area contributed by atoms with Crippen molar-refractivity contribution in [3.63, 3.8) is 0 Å². The molecule has 3 nitrogen and oxygen atoms in total. The predicted octanol–water partition coefficient (Wildman–Crippen LogP) is 16.5. The molecule has 0 amide bonds. The van der Waals surface area contributed by atoms with Gasteiger partial charge in [-0.05, 0) is 291 Å². The SMILES string of the molecule is OC1(C(F)(F)F)OC23c4c5c6c7c8c9c(c%10c%11c2c2c4c4c%12c5c5c6c6c8c8c%13c9c9c%10c%10c%11c%11c2c2c4c4c%12c%12c5c5c6c8c6c8c%13c9c9c%10c%10c%11c2c2c4c4c%12c5c6c5c8c9c%10c2c45)C73O1. The van der Waals surface area contributed by atoms with Gasteiger partial charge in [0.2, 0.25) is 0 Å². The van der Waals surface area contributed by atoms with Crippen LogP contribution < -0.4 is 0 Å². The fraction of sp³-hybridized carbons (Fsp3) is 0.0645. The van der Waals surface area contributed by atoms with Crippen LogP contribution in [0.25, 0.3) is 291 Å². The Morgan fingerprint density at radius 2 is 0.309 bits per heavy atom. The average Bonchev–Trinajstić information content (AvgIpc) is 4.18. The zero-order valence-electron chi connectivity index (χ0n) is 33.4. The topological polar surface area (TPSA) is 38.7 Å². The van der Waals surface area contributed by atoms with Crippen LogP contribution in [0, 0.1) is 0 Å². The lowest BCUT2D eigenvalue weighted by Gasteiger charge is -2.46. The van der Waals surface area contributed by atoms with Gasteiger partial charge in [-0.1, -0.05) is 0 Å². The molecule has 288 valence electrons. The van der Waals surface area contributed by atoms with E-state index in [0.29, 0.717) is 0 Å². The molecule has 1 heterocycles. The molecule has 5 aliphatic rings. The van der Waals surface area contributed by atoms with Crippen LogP contribution in [-0.2, 0) is 20.7 Å². The molecular weight excluding hydrogens is 850 g/mol. The molecule has 6 heteroatoms. The average molecular weight is 851 g/mol. The first-order chi connectivity index (χ1) is 33.4. The van der Waals surface area contributed by atoms with Gasteiger partial charge in [0.1, 0.15) is 0 Å². The Balaban J connectivity index is 1.22. The lowest BCUT2D eigenvalue weighted by atomic mass is 9.61. The molecule has 0 bridgehead atoms. The van der Waals surface area contributed by atoms with Gasteiger partial charge in [0.05, 0.1) is 0 Å². The van der Waals surface area contributed by atoms with E-state index in [1.807, 2.05) is 0 Å². The van der Waals surface area contributed by atoms with Gasteiger partial charge in [0, 0.05) is 22.3 Å². The highest BCUT2D eigenvalue weighted by Crippen LogP contribution is 2.86. The van der Waals surface area contributed by atoms with E-state index >= 15 is 13.2 Å². The Hall–Kier alpha value is -7.87. The van der Waals surface area contributed by atoms with Gasteiger partial charge in [0.15, 0.2) is 11.2 Å².